The molecule has 0 aliphatic rings. The summed E-state index contributed by atoms with van der Waals surface area (Å²) in [5.74, 6) is 0. The number of benzene rings is 2. The van der Waals surface area contributed by atoms with E-state index in [-0.39, 0.29) is 0 Å². The number of halogens is 1. The van der Waals surface area contributed by atoms with Crippen molar-refractivity contribution < 1.29 is 9.13 Å². The third-order valence-electron chi connectivity index (χ3n) is 4.58. The summed E-state index contributed by atoms with van der Waals surface area (Å²) >= 11 is 3.53. The summed E-state index contributed by atoms with van der Waals surface area (Å²) in [5, 5.41) is 0.893. The molecule has 1 N–H and O–H groups in total. The van der Waals surface area contributed by atoms with Gasteiger partial charge in [-0.15, -0.1) is 0 Å². The lowest BCUT2D eigenvalue weighted by Gasteiger charge is -2.03. The summed E-state index contributed by atoms with van der Waals surface area (Å²) in [5.41, 5.74) is 5.25. The van der Waals surface area contributed by atoms with Crippen LogP contribution in [-0.2, 0) is 25.0 Å². The van der Waals surface area contributed by atoms with E-state index < -0.39 is 0 Å². The zero-order valence-electron chi connectivity index (χ0n) is 15.1. The van der Waals surface area contributed by atoms with E-state index in [1.165, 1.54) is 22.3 Å². The van der Waals surface area contributed by atoms with Crippen LogP contribution in [0.15, 0.2) is 86.0 Å². The molecule has 0 spiro atoms. The van der Waals surface area contributed by atoms with Crippen LogP contribution < -0.4 is 9.13 Å². The van der Waals surface area contributed by atoms with E-state index in [0.717, 1.165) is 25.0 Å². The molecular formula is C22H23BrN4+2. The van der Waals surface area contributed by atoms with Gasteiger partial charge in [-0.2, -0.15) is 0 Å². The Balaban J connectivity index is 1.43. The minimum absolute atomic E-state index is 0.875. The van der Waals surface area contributed by atoms with Crippen molar-refractivity contribution in [2.45, 2.75) is 25.0 Å². The highest BCUT2D eigenvalue weighted by atomic mass is 79.9. The minimum atomic E-state index is 0.875. The molecule has 2 aromatic heterocycles. The molecule has 0 aliphatic carbocycles. The summed E-state index contributed by atoms with van der Waals surface area (Å²) in [4.78, 5) is 3.09. The Morgan fingerprint density at radius 2 is 1.56 bits per heavy atom. The maximum Gasteiger partial charge on any atom is 0.244 e. The molecule has 0 radical (unpaired) electrons. The monoisotopic (exact) mass is 422 g/mol. The van der Waals surface area contributed by atoms with E-state index in [0.29, 0.717) is 0 Å². The third-order valence-corrected chi connectivity index (χ3v) is 5.23. The average molecular weight is 423 g/mol. The molecule has 0 amide bonds. The topological polar surface area (TPSA) is 28.5 Å². The Labute approximate surface area is 167 Å². The molecule has 0 saturated heterocycles. The number of H-pyrrole nitrogens is 1. The van der Waals surface area contributed by atoms with Crippen LogP contribution in [-0.4, -0.2) is 9.55 Å². The van der Waals surface area contributed by atoms with Crippen LogP contribution in [0.4, 0.5) is 0 Å². The van der Waals surface area contributed by atoms with Crippen molar-refractivity contribution in [2.75, 3.05) is 0 Å². The number of hydrogen-bond acceptors (Lipinski definition) is 0. The van der Waals surface area contributed by atoms with Gasteiger partial charge in [0.2, 0.25) is 12.7 Å². The molecular weight excluding hydrogens is 400 g/mol. The summed E-state index contributed by atoms with van der Waals surface area (Å²) in [7, 11) is 0. The average Bonchev–Trinajstić information content (AvgIpc) is 3.34. The Morgan fingerprint density at radius 3 is 2.30 bits per heavy atom. The van der Waals surface area contributed by atoms with Crippen LogP contribution in [0.1, 0.15) is 22.3 Å². The van der Waals surface area contributed by atoms with Crippen molar-refractivity contribution in [1.82, 2.24) is 9.55 Å². The molecule has 0 bridgehead atoms. The first-order chi connectivity index (χ1) is 13.3. The third kappa shape index (κ3) is 4.74. The van der Waals surface area contributed by atoms with Gasteiger partial charge in [0.15, 0.2) is 0 Å². The van der Waals surface area contributed by atoms with E-state index in [1.807, 2.05) is 18.7 Å². The Hall–Kier alpha value is -2.66. The molecule has 0 aliphatic heterocycles. The van der Waals surface area contributed by atoms with E-state index in [4.69, 9.17) is 0 Å². The second-order valence-corrected chi connectivity index (χ2v) is 7.38. The van der Waals surface area contributed by atoms with Gasteiger partial charge in [-0.05, 0) is 28.3 Å². The fraction of sp³-hybridized carbons (Fsp3) is 0.182. The predicted molar refractivity (Wildman–Crippen MR) is 108 cm³/mol. The molecule has 4 nitrogen and oxygen atoms in total. The van der Waals surface area contributed by atoms with Crippen molar-refractivity contribution in [3.63, 3.8) is 0 Å². The lowest BCUT2D eigenvalue weighted by molar-refractivity contribution is -0.688. The largest absolute Gasteiger partial charge is 0.250 e. The lowest BCUT2D eigenvalue weighted by atomic mass is 10.1. The maximum atomic E-state index is 3.53. The highest BCUT2D eigenvalue weighted by Crippen LogP contribution is 2.10. The Morgan fingerprint density at radius 1 is 0.852 bits per heavy atom. The van der Waals surface area contributed by atoms with Crippen molar-refractivity contribution >= 4 is 15.9 Å². The van der Waals surface area contributed by atoms with Gasteiger partial charge in [0, 0.05) is 5.33 Å². The number of imidazole rings is 2. The van der Waals surface area contributed by atoms with Gasteiger partial charge in [0.1, 0.15) is 44.4 Å². The molecule has 4 rings (SSSR count). The van der Waals surface area contributed by atoms with Crippen molar-refractivity contribution in [3.8, 4) is 0 Å². The number of nitrogens with one attached hydrogen (secondary N) is 1. The van der Waals surface area contributed by atoms with Crippen molar-refractivity contribution in [2.24, 2.45) is 0 Å². The van der Waals surface area contributed by atoms with Gasteiger partial charge in [0.25, 0.3) is 0 Å². The maximum absolute atomic E-state index is 3.53. The molecule has 27 heavy (non-hydrogen) atoms. The first-order valence-electron chi connectivity index (χ1n) is 9.07. The van der Waals surface area contributed by atoms with Gasteiger partial charge in [-0.3, -0.25) is 4.98 Å². The molecule has 2 heterocycles. The zero-order chi connectivity index (χ0) is 18.5. The second-order valence-electron chi connectivity index (χ2n) is 6.82. The van der Waals surface area contributed by atoms with Crippen LogP contribution in [0.3, 0.4) is 0 Å². The molecule has 4 aromatic rings. The van der Waals surface area contributed by atoms with Crippen LogP contribution in [0.5, 0.6) is 0 Å². The fourth-order valence-corrected chi connectivity index (χ4v) is 3.66. The fourth-order valence-electron chi connectivity index (χ4n) is 3.31. The second kappa shape index (κ2) is 8.35. The predicted octanol–water partition coefficient (Wildman–Crippen LogP) is 3.43. The molecule has 0 fully saturated rings. The standard InChI is InChI=1S/C22H22BrN4/c23-13-19-3-1-4-20(11-19)15-26-9-10-27(18-26)16-22-6-2-5-21(12-22)14-25-8-7-24-17-25/h1-12,17-18H,13-16H2/q+1/p+1. The number of hydrogen-bond donors (Lipinski definition) is 1. The van der Waals surface area contributed by atoms with E-state index >= 15 is 0 Å². The zero-order valence-corrected chi connectivity index (χ0v) is 16.7. The summed E-state index contributed by atoms with van der Waals surface area (Å²) in [6.07, 6.45) is 12.4. The molecule has 0 unspecified atom stereocenters. The first-order valence-corrected chi connectivity index (χ1v) is 10.2. The van der Waals surface area contributed by atoms with Crippen molar-refractivity contribution in [3.05, 3.63) is 108 Å². The summed E-state index contributed by atoms with van der Waals surface area (Å²) in [6.45, 7) is 2.64. The van der Waals surface area contributed by atoms with Gasteiger partial charge in [-0.25, -0.2) is 13.7 Å². The highest BCUT2D eigenvalue weighted by molar-refractivity contribution is 9.08. The van der Waals surface area contributed by atoms with Gasteiger partial charge in [0.05, 0.1) is 0 Å². The van der Waals surface area contributed by atoms with Crippen LogP contribution >= 0.6 is 15.9 Å². The van der Waals surface area contributed by atoms with Gasteiger partial charge in [-0.1, -0.05) is 58.4 Å². The van der Waals surface area contributed by atoms with E-state index in [2.05, 4.69) is 102 Å². The molecule has 136 valence electrons. The van der Waals surface area contributed by atoms with E-state index in [1.54, 1.807) is 0 Å². The van der Waals surface area contributed by atoms with Gasteiger partial charge < -0.3 is 0 Å². The highest BCUT2D eigenvalue weighted by Gasteiger charge is 2.08. The normalized spacial score (nSPS) is 11.0. The van der Waals surface area contributed by atoms with Crippen molar-refractivity contribution in [1.29, 1.82) is 0 Å². The molecule has 2 aromatic carbocycles. The van der Waals surface area contributed by atoms with Crippen LogP contribution in [0, 0.1) is 0 Å². The number of aromatic nitrogens is 4. The molecule has 5 heteroatoms. The Kier molecular flexibility index (Phi) is 5.49. The van der Waals surface area contributed by atoms with Crippen LogP contribution in [0.2, 0.25) is 0 Å². The lowest BCUT2D eigenvalue weighted by Crippen LogP contribution is -2.32. The Bertz CT molecular complexity index is 1000. The molecule has 0 atom stereocenters. The van der Waals surface area contributed by atoms with Gasteiger partial charge >= 0.3 is 0 Å². The number of nitrogens with zero attached hydrogens (tertiary/aromatic N) is 3. The number of alkyl halides is 1. The SMILES string of the molecule is BrCc1cccc(Cn2cc[n+](Cc3cccc(C[n+]4cc[nH]c4)c3)c2)c1. The quantitative estimate of drug-likeness (QED) is 0.349. The number of rotatable bonds is 7. The first kappa shape index (κ1) is 17.7. The molecule has 0 saturated carbocycles. The smallest absolute Gasteiger partial charge is 0.244 e. The number of aromatic amines is 1. The minimum Gasteiger partial charge on any atom is -0.250 e. The summed E-state index contributed by atoms with van der Waals surface area (Å²) < 4.78 is 6.60. The summed E-state index contributed by atoms with van der Waals surface area (Å²) in [6, 6.07) is 17.5. The van der Waals surface area contributed by atoms with Crippen LogP contribution in [0.25, 0.3) is 0 Å². The van der Waals surface area contributed by atoms with E-state index in [9.17, 15) is 0 Å².